The van der Waals surface area contributed by atoms with Gasteiger partial charge in [0, 0.05) is 25.7 Å². The smallest absolute Gasteiger partial charge is 0.462 e. The van der Waals surface area contributed by atoms with E-state index in [-0.39, 0.29) is 25.7 Å². The third kappa shape index (κ3) is 77.7. The number of carbonyl (C=O) groups excluding carboxylic acids is 4. The van der Waals surface area contributed by atoms with Crippen LogP contribution in [-0.2, 0) is 65.4 Å². The highest BCUT2D eigenvalue weighted by molar-refractivity contribution is 7.47. The Hall–Kier alpha value is -2.46. The fourth-order valence-corrected chi connectivity index (χ4v) is 14.3. The second-order valence-corrected chi connectivity index (χ2v) is 33.3. The Morgan fingerprint density at radius 1 is 0.298 bits per heavy atom. The second-order valence-electron chi connectivity index (χ2n) is 30.4. The van der Waals surface area contributed by atoms with E-state index >= 15 is 0 Å². The van der Waals surface area contributed by atoms with Gasteiger partial charge in [0.15, 0.2) is 12.2 Å². The summed E-state index contributed by atoms with van der Waals surface area (Å²) in [5.41, 5.74) is 0. The Balaban J connectivity index is 5.28. The van der Waals surface area contributed by atoms with Gasteiger partial charge in [-0.05, 0) is 57.3 Å². The molecule has 0 aromatic rings. The highest BCUT2D eigenvalue weighted by atomic mass is 31.2. The monoisotopic (exact) mass is 1520 g/mol. The topological polar surface area (TPSA) is 237 Å². The van der Waals surface area contributed by atoms with Crippen molar-refractivity contribution in [1.82, 2.24) is 0 Å². The fraction of sp³-hybridized carbons (Fsp3) is 0.906. The Morgan fingerprint density at radius 3 is 0.788 bits per heavy atom. The maximum absolute atomic E-state index is 13.1. The molecule has 5 atom stereocenters. The summed E-state index contributed by atoms with van der Waals surface area (Å²) in [7, 11) is -9.94. The molecule has 19 heteroatoms. The third-order valence-corrected chi connectivity index (χ3v) is 21.3. The van der Waals surface area contributed by atoms with E-state index in [2.05, 4.69) is 58.9 Å². The molecule has 104 heavy (non-hydrogen) atoms. The van der Waals surface area contributed by atoms with Crippen molar-refractivity contribution in [3.8, 4) is 0 Å². The average Bonchev–Trinajstić information content (AvgIpc) is 0.939. The highest BCUT2D eigenvalue weighted by Gasteiger charge is 2.30. The first-order valence-electron chi connectivity index (χ1n) is 43.5. The summed E-state index contributed by atoms with van der Waals surface area (Å²) in [4.78, 5) is 73.2. The van der Waals surface area contributed by atoms with Gasteiger partial charge in [0.1, 0.15) is 19.3 Å². The Labute approximate surface area is 637 Å². The molecule has 0 spiro atoms. The van der Waals surface area contributed by atoms with Gasteiger partial charge in [-0.2, -0.15) is 0 Å². The number of hydrogen-bond donors (Lipinski definition) is 3. The van der Waals surface area contributed by atoms with E-state index < -0.39 is 97.5 Å². The van der Waals surface area contributed by atoms with E-state index in [1.54, 1.807) is 0 Å². The molecule has 0 bridgehead atoms. The predicted octanol–water partition coefficient (Wildman–Crippen LogP) is 25.5. The van der Waals surface area contributed by atoms with Gasteiger partial charge in [0.05, 0.1) is 26.4 Å². The van der Waals surface area contributed by atoms with Crippen molar-refractivity contribution in [3.63, 3.8) is 0 Å². The van der Waals surface area contributed by atoms with Crippen molar-refractivity contribution in [3.05, 3.63) is 24.3 Å². The number of aliphatic hydroxyl groups is 1. The number of phosphoric acid groups is 2. The third-order valence-electron chi connectivity index (χ3n) is 19.4. The summed E-state index contributed by atoms with van der Waals surface area (Å²) in [5, 5.41) is 10.7. The lowest BCUT2D eigenvalue weighted by atomic mass is 10.0. The molecule has 614 valence electrons. The number of phosphoric ester groups is 2. The molecule has 0 saturated carbocycles. The quantitative estimate of drug-likeness (QED) is 0.0169. The number of allylic oxidation sites excluding steroid dienone is 4. The second kappa shape index (κ2) is 77.3. The average molecular weight is 1520 g/mol. The standard InChI is InChI=1S/C85H162O17P2/c1-6-9-12-15-18-21-24-27-29-30-31-32-33-35-41-46-51-56-61-66-71-85(90)102-81(75-96-83(88)69-64-59-54-49-44-39-37-36-38-42-47-52-57-62-67-78(4)5)77-100-104(93,94)98-73-79(86)72-97-103(91,92)99-76-80(74-95-82(87)68-63-58-53-48-43-26-23-20-17-14-11-8-3)101-84(89)70-65-60-55-50-45-40-34-28-25-22-19-16-13-10-7-2/h22,25,28,34,78-81,86H,6-21,23-24,26-27,29-33,35-77H2,1-5H3,(H,91,92)(H,93,94)/b25-22-,34-28-/t79-,80+,81+/m0/s1. The zero-order valence-electron chi connectivity index (χ0n) is 67.7. The molecule has 0 aromatic heterocycles. The van der Waals surface area contributed by atoms with Crippen LogP contribution < -0.4 is 0 Å². The number of esters is 4. The highest BCUT2D eigenvalue weighted by Crippen LogP contribution is 2.45. The molecular weight excluding hydrogens is 1350 g/mol. The maximum atomic E-state index is 13.1. The molecule has 0 aliphatic carbocycles. The molecule has 0 rings (SSSR count). The van der Waals surface area contributed by atoms with E-state index in [1.807, 2.05) is 0 Å². The molecule has 0 fully saturated rings. The van der Waals surface area contributed by atoms with Crippen molar-refractivity contribution in [2.75, 3.05) is 39.6 Å². The summed E-state index contributed by atoms with van der Waals surface area (Å²) in [6, 6.07) is 0. The summed E-state index contributed by atoms with van der Waals surface area (Å²) in [6.07, 6.45) is 72.9. The predicted molar refractivity (Wildman–Crippen MR) is 428 cm³/mol. The molecule has 0 aliphatic rings. The summed E-state index contributed by atoms with van der Waals surface area (Å²) in [5.74, 6) is -1.33. The van der Waals surface area contributed by atoms with Crippen molar-refractivity contribution in [2.24, 2.45) is 5.92 Å². The molecule has 2 unspecified atom stereocenters. The molecule has 0 aromatic carbocycles. The van der Waals surface area contributed by atoms with Gasteiger partial charge in [-0.1, -0.05) is 380 Å². The lowest BCUT2D eigenvalue weighted by molar-refractivity contribution is -0.161. The number of ether oxygens (including phenoxy) is 4. The van der Waals surface area contributed by atoms with Crippen LogP contribution in [0.4, 0.5) is 0 Å². The zero-order valence-corrected chi connectivity index (χ0v) is 69.4. The van der Waals surface area contributed by atoms with Gasteiger partial charge in [-0.3, -0.25) is 37.3 Å². The van der Waals surface area contributed by atoms with E-state index in [9.17, 15) is 43.2 Å². The fourth-order valence-electron chi connectivity index (χ4n) is 12.8. The van der Waals surface area contributed by atoms with Gasteiger partial charge in [-0.15, -0.1) is 0 Å². The molecule has 0 heterocycles. The molecular formula is C85H162O17P2. The van der Waals surface area contributed by atoms with Crippen LogP contribution in [0.15, 0.2) is 24.3 Å². The number of aliphatic hydroxyl groups excluding tert-OH is 1. The molecule has 17 nitrogen and oxygen atoms in total. The number of carbonyl (C=O) groups is 4. The van der Waals surface area contributed by atoms with Crippen LogP contribution in [0.25, 0.3) is 0 Å². The first-order valence-corrected chi connectivity index (χ1v) is 46.4. The first kappa shape index (κ1) is 102. The van der Waals surface area contributed by atoms with Crippen LogP contribution in [0, 0.1) is 5.92 Å². The van der Waals surface area contributed by atoms with Crippen LogP contribution in [0.1, 0.15) is 433 Å². The van der Waals surface area contributed by atoms with Gasteiger partial charge >= 0.3 is 39.5 Å². The zero-order chi connectivity index (χ0) is 76.2. The van der Waals surface area contributed by atoms with Crippen LogP contribution in [-0.4, -0.2) is 96.7 Å². The first-order chi connectivity index (χ1) is 50.5. The number of rotatable bonds is 83. The van der Waals surface area contributed by atoms with Crippen molar-refractivity contribution in [2.45, 2.75) is 451 Å². The molecule has 0 aliphatic heterocycles. The van der Waals surface area contributed by atoms with Crippen molar-refractivity contribution < 1.29 is 80.2 Å². The van der Waals surface area contributed by atoms with E-state index in [0.717, 1.165) is 109 Å². The Bertz CT molecular complexity index is 2070. The molecule has 0 saturated heterocycles. The van der Waals surface area contributed by atoms with Gasteiger partial charge in [-0.25, -0.2) is 9.13 Å². The minimum Gasteiger partial charge on any atom is -0.462 e. The van der Waals surface area contributed by atoms with E-state index in [1.165, 1.54) is 244 Å². The van der Waals surface area contributed by atoms with E-state index in [4.69, 9.17) is 37.0 Å². The van der Waals surface area contributed by atoms with Gasteiger partial charge in [0.2, 0.25) is 0 Å². The molecule has 0 radical (unpaired) electrons. The van der Waals surface area contributed by atoms with Crippen LogP contribution in [0.2, 0.25) is 0 Å². The number of unbranched alkanes of at least 4 members (excludes halogenated alkanes) is 52. The van der Waals surface area contributed by atoms with Crippen LogP contribution in [0.5, 0.6) is 0 Å². The van der Waals surface area contributed by atoms with Crippen LogP contribution in [0.3, 0.4) is 0 Å². The normalized spacial score (nSPS) is 13.9. The lowest BCUT2D eigenvalue weighted by Gasteiger charge is -2.21. The minimum atomic E-state index is -4.97. The van der Waals surface area contributed by atoms with Crippen LogP contribution >= 0.6 is 15.6 Å². The molecule has 3 N–H and O–H groups in total. The molecule has 0 amide bonds. The largest absolute Gasteiger partial charge is 0.472 e. The summed E-state index contributed by atoms with van der Waals surface area (Å²) in [6.45, 7) is 7.31. The maximum Gasteiger partial charge on any atom is 0.472 e. The lowest BCUT2D eigenvalue weighted by Crippen LogP contribution is -2.30. The SMILES string of the molecule is CCCCCC/C=C\C=C/CCCCCCCC(=O)O[C@H](COC(=O)CCCCCCCCCCCCCC)COP(=O)(O)OC[C@H](O)COP(=O)(O)OC[C@@H](COC(=O)CCCCCCCCCCCCCCCCC(C)C)OC(=O)CCCCCCCCCCCCCCCCCCCCCC. The minimum absolute atomic E-state index is 0.0858. The Kier molecular flexibility index (Phi) is 75.4. The van der Waals surface area contributed by atoms with Gasteiger partial charge < -0.3 is 33.8 Å². The number of hydrogen-bond acceptors (Lipinski definition) is 15. The van der Waals surface area contributed by atoms with Gasteiger partial charge in [0.25, 0.3) is 0 Å². The Morgan fingerprint density at radius 2 is 0.519 bits per heavy atom. The summed E-state index contributed by atoms with van der Waals surface area (Å²) < 4.78 is 68.8. The van der Waals surface area contributed by atoms with E-state index in [0.29, 0.717) is 25.7 Å². The van der Waals surface area contributed by atoms with Crippen molar-refractivity contribution in [1.29, 1.82) is 0 Å². The summed E-state index contributed by atoms with van der Waals surface area (Å²) >= 11 is 0. The van der Waals surface area contributed by atoms with Crippen molar-refractivity contribution >= 4 is 39.5 Å².